The Balaban J connectivity index is 1.62. The third kappa shape index (κ3) is 3.46. The first-order valence-corrected chi connectivity index (χ1v) is 8.03. The third-order valence-corrected chi connectivity index (χ3v) is 4.46. The highest BCUT2D eigenvalue weighted by molar-refractivity contribution is 5.81. The van der Waals surface area contributed by atoms with E-state index in [-0.39, 0.29) is 5.54 Å². The van der Waals surface area contributed by atoms with Crippen LogP contribution >= 0.6 is 0 Å². The zero-order valence-corrected chi connectivity index (χ0v) is 13.5. The molecule has 118 valence electrons. The van der Waals surface area contributed by atoms with E-state index in [0.717, 1.165) is 44.9 Å². The van der Waals surface area contributed by atoms with Crippen molar-refractivity contribution in [3.05, 3.63) is 42.1 Å². The van der Waals surface area contributed by atoms with Crippen molar-refractivity contribution in [1.29, 1.82) is 0 Å². The van der Waals surface area contributed by atoms with Gasteiger partial charge >= 0.3 is 0 Å². The van der Waals surface area contributed by atoms with E-state index in [2.05, 4.69) is 53.3 Å². The van der Waals surface area contributed by atoms with Crippen LogP contribution in [0.15, 0.2) is 36.5 Å². The second-order valence-corrected chi connectivity index (χ2v) is 6.51. The maximum absolute atomic E-state index is 5.45. The van der Waals surface area contributed by atoms with Gasteiger partial charge in [-0.1, -0.05) is 24.3 Å². The molecular weight excluding hydrogens is 274 g/mol. The average Bonchev–Trinajstić information content (AvgIpc) is 2.56. The highest BCUT2D eigenvalue weighted by Gasteiger charge is 2.27. The maximum Gasteiger partial charge on any atom is 0.0746 e. The highest BCUT2D eigenvalue weighted by atomic mass is 16.5. The smallest absolute Gasteiger partial charge is 0.0746 e. The summed E-state index contributed by atoms with van der Waals surface area (Å²) < 4.78 is 5.45. The molecule has 0 saturated carbocycles. The molecule has 1 N–H and O–H groups in total. The first kappa shape index (κ1) is 15.4. The number of hydrogen-bond acceptors (Lipinski definition) is 4. The van der Waals surface area contributed by atoms with Crippen LogP contribution in [-0.4, -0.2) is 48.3 Å². The number of para-hydroxylation sites is 1. The number of pyridine rings is 1. The molecule has 0 aliphatic carbocycles. The van der Waals surface area contributed by atoms with Crippen molar-refractivity contribution in [2.45, 2.75) is 25.9 Å². The van der Waals surface area contributed by atoms with Crippen LogP contribution in [0.3, 0.4) is 0 Å². The molecule has 2 heterocycles. The zero-order chi connectivity index (χ0) is 15.4. The van der Waals surface area contributed by atoms with Gasteiger partial charge < -0.3 is 10.1 Å². The van der Waals surface area contributed by atoms with Crippen LogP contribution in [0.2, 0.25) is 0 Å². The van der Waals surface area contributed by atoms with Crippen molar-refractivity contribution in [2.24, 2.45) is 0 Å². The van der Waals surface area contributed by atoms with Gasteiger partial charge in [-0.2, -0.15) is 0 Å². The quantitative estimate of drug-likeness (QED) is 0.920. The molecule has 0 amide bonds. The minimum Gasteiger partial charge on any atom is -0.379 e. The van der Waals surface area contributed by atoms with E-state index < -0.39 is 0 Å². The topological polar surface area (TPSA) is 37.4 Å². The Hall–Kier alpha value is -1.49. The van der Waals surface area contributed by atoms with Gasteiger partial charge in [-0.3, -0.25) is 9.88 Å². The molecule has 1 fully saturated rings. The summed E-state index contributed by atoms with van der Waals surface area (Å²) >= 11 is 0. The normalized spacial score (nSPS) is 17.0. The van der Waals surface area contributed by atoms with E-state index in [0.29, 0.717) is 0 Å². The molecule has 1 saturated heterocycles. The first-order chi connectivity index (χ1) is 10.7. The molecule has 22 heavy (non-hydrogen) atoms. The minimum atomic E-state index is 0.141. The van der Waals surface area contributed by atoms with Gasteiger partial charge in [0, 0.05) is 43.3 Å². The number of hydrogen-bond donors (Lipinski definition) is 1. The van der Waals surface area contributed by atoms with E-state index in [4.69, 9.17) is 4.74 Å². The fourth-order valence-corrected chi connectivity index (χ4v) is 3.09. The molecule has 1 aliphatic heterocycles. The lowest BCUT2D eigenvalue weighted by atomic mass is 10.0. The SMILES string of the molecule is CC(C)(CNCc1cccc2cccnc12)N1CCOCC1. The van der Waals surface area contributed by atoms with Crippen molar-refractivity contribution >= 4 is 10.9 Å². The molecule has 2 aromatic rings. The molecule has 0 bridgehead atoms. The van der Waals surface area contributed by atoms with E-state index in [1.165, 1.54) is 10.9 Å². The summed E-state index contributed by atoms with van der Waals surface area (Å²) in [6, 6.07) is 10.5. The van der Waals surface area contributed by atoms with Gasteiger partial charge in [0.1, 0.15) is 0 Å². The molecular formula is C18H25N3O. The molecule has 0 spiro atoms. The Bertz CT molecular complexity index is 615. The number of morpholine rings is 1. The fraction of sp³-hybridized carbons (Fsp3) is 0.500. The van der Waals surface area contributed by atoms with E-state index in [1.54, 1.807) is 0 Å². The summed E-state index contributed by atoms with van der Waals surface area (Å²) in [5, 5.41) is 4.81. The summed E-state index contributed by atoms with van der Waals surface area (Å²) in [5.74, 6) is 0. The van der Waals surface area contributed by atoms with Crippen molar-refractivity contribution in [3.63, 3.8) is 0 Å². The summed E-state index contributed by atoms with van der Waals surface area (Å²) in [6.07, 6.45) is 1.86. The number of fused-ring (bicyclic) bond motifs is 1. The van der Waals surface area contributed by atoms with E-state index >= 15 is 0 Å². The highest BCUT2D eigenvalue weighted by Crippen LogP contribution is 2.18. The molecule has 0 radical (unpaired) electrons. The van der Waals surface area contributed by atoms with Crippen LogP contribution in [0, 0.1) is 0 Å². The summed E-state index contributed by atoms with van der Waals surface area (Å²) in [7, 11) is 0. The van der Waals surface area contributed by atoms with Crippen molar-refractivity contribution in [1.82, 2.24) is 15.2 Å². The number of benzene rings is 1. The Labute approximate surface area is 132 Å². The van der Waals surface area contributed by atoms with Crippen molar-refractivity contribution in [2.75, 3.05) is 32.8 Å². The number of nitrogens with one attached hydrogen (secondary N) is 1. The predicted molar refractivity (Wildman–Crippen MR) is 89.9 cm³/mol. The minimum absolute atomic E-state index is 0.141. The molecule has 1 aromatic carbocycles. The Morgan fingerprint density at radius 3 is 2.77 bits per heavy atom. The van der Waals surface area contributed by atoms with Gasteiger partial charge in [0.25, 0.3) is 0 Å². The maximum atomic E-state index is 5.45. The van der Waals surface area contributed by atoms with Gasteiger partial charge in [0.05, 0.1) is 18.7 Å². The molecule has 3 rings (SSSR count). The second-order valence-electron chi connectivity index (χ2n) is 6.51. The monoisotopic (exact) mass is 299 g/mol. The van der Waals surface area contributed by atoms with Gasteiger partial charge in [0.15, 0.2) is 0 Å². The average molecular weight is 299 g/mol. The number of nitrogens with zero attached hydrogens (tertiary/aromatic N) is 2. The lowest BCUT2D eigenvalue weighted by molar-refractivity contribution is -0.00966. The number of rotatable bonds is 5. The largest absolute Gasteiger partial charge is 0.379 e. The lowest BCUT2D eigenvalue weighted by Gasteiger charge is -2.41. The van der Waals surface area contributed by atoms with E-state index in [1.807, 2.05) is 12.3 Å². The Morgan fingerprint density at radius 1 is 1.18 bits per heavy atom. The fourth-order valence-electron chi connectivity index (χ4n) is 3.09. The second kappa shape index (κ2) is 6.73. The van der Waals surface area contributed by atoms with Crippen molar-refractivity contribution < 1.29 is 4.74 Å². The standard InChI is InChI=1S/C18H25N3O/c1-18(2,21-9-11-22-12-10-21)14-19-13-16-6-3-5-15-7-4-8-20-17(15)16/h3-8,19H,9-14H2,1-2H3. The molecule has 0 atom stereocenters. The summed E-state index contributed by atoms with van der Waals surface area (Å²) in [4.78, 5) is 7.02. The van der Waals surface area contributed by atoms with Gasteiger partial charge in [-0.05, 0) is 25.5 Å². The number of ether oxygens (including phenoxy) is 1. The van der Waals surface area contributed by atoms with Crippen LogP contribution in [0.25, 0.3) is 10.9 Å². The molecule has 0 unspecified atom stereocenters. The van der Waals surface area contributed by atoms with E-state index in [9.17, 15) is 0 Å². The van der Waals surface area contributed by atoms with Gasteiger partial charge in [-0.25, -0.2) is 0 Å². The molecule has 4 heteroatoms. The van der Waals surface area contributed by atoms with Crippen LogP contribution in [0.5, 0.6) is 0 Å². The molecule has 4 nitrogen and oxygen atoms in total. The molecule has 1 aromatic heterocycles. The first-order valence-electron chi connectivity index (χ1n) is 8.03. The van der Waals surface area contributed by atoms with Crippen LogP contribution < -0.4 is 5.32 Å². The molecule has 1 aliphatic rings. The van der Waals surface area contributed by atoms with Crippen LogP contribution in [-0.2, 0) is 11.3 Å². The summed E-state index contributed by atoms with van der Waals surface area (Å²) in [5.41, 5.74) is 2.50. The number of aromatic nitrogens is 1. The van der Waals surface area contributed by atoms with Gasteiger partial charge in [0.2, 0.25) is 0 Å². The van der Waals surface area contributed by atoms with Crippen LogP contribution in [0.4, 0.5) is 0 Å². The van der Waals surface area contributed by atoms with Gasteiger partial charge in [-0.15, -0.1) is 0 Å². The van der Waals surface area contributed by atoms with Crippen molar-refractivity contribution in [3.8, 4) is 0 Å². The predicted octanol–water partition coefficient (Wildman–Crippen LogP) is 2.44. The van der Waals surface area contributed by atoms with Crippen LogP contribution in [0.1, 0.15) is 19.4 Å². The lowest BCUT2D eigenvalue weighted by Crippen LogP contribution is -2.54. The summed E-state index contributed by atoms with van der Waals surface area (Å²) in [6.45, 7) is 10.1. The Morgan fingerprint density at radius 2 is 1.95 bits per heavy atom. The zero-order valence-electron chi connectivity index (χ0n) is 13.5. The Kier molecular flexibility index (Phi) is 4.71. The third-order valence-electron chi connectivity index (χ3n) is 4.46.